The molecule has 5 nitrogen and oxygen atoms in total. The van der Waals surface area contributed by atoms with Gasteiger partial charge in [0.25, 0.3) is 0 Å². The summed E-state index contributed by atoms with van der Waals surface area (Å²) in [5.41, 5.74) is 3.92. The number of fused-ring (bicyclic) bond motifs is 1. The summed E-state index contributed by atoms with van der Waals surface area (Å²) >= 11 is 0. The second-order valence-corrected chi connectivity index (χ2v) is 7.64. The monoisotopic (exact) mass is 390 g/mol. The third-order valence-corrected chi connectivity index (χ3v) is 5.55. The Morgan fingerprint density at radius 3 is 3.00 bits per heavy atom. The fourth-order valence-electron chi connectivity index (χ4n) is 4.08. The number of rotatable bonds is 8. The maximum atomic E-state index is 5.73. The van der Waals surface area contributed by atoms with E-state index < -0.39 is 0 Å². The van der Waals surface area contributed by atoms with Gasteiger partial charge in [-0.2, -0.15) is 0 Å². The highest BCUT2D eigenvalue weighted by atomic mass is 16.5. The molecule has 2 aromatic heterocycles. The molecule has 1 fully saturated rings. The number of hydrogen-bond donors (Lipinski definition) is 2. The van der Waals surface area contributed by atoms with Crippen molar-refractivity contribution in [3.8, 4) is 17.1 Å². The molecule has 1 atom stereocenters. The van der Waals surface area contributed by atoms with Gasteiger partial charge in [-0.3, -0.25) is 0 Å². The number of aromatic nitrogens is 2. The zero-order chi connectivity index (χ0) is 19.9. The second-order valence-electron chi connectivity index (χ2n) is 7.64. The maximum absolute atomic E-state index is 5.73. The molecule has 4 rings (SSSR count). The van der Waals surface area contributed by atoms with E-state index in [0.29, 0.717) is 12.5 Å². The molecular formula is C24H30N4O. The van der Waals surface area contributed by atoms with Crippen molar-refractivity contribution < 1.29 is 4.74 Å². The lowest BCUT2D eigenvalue weighted by molar-refractivity contribution is 0.328. The van der Waals surface area contributed by atoms with Crippen LogP contribution in [0.3, 0.4) is 0 Å². The quantitative estimate of drug-likeness (QED) is 0.537. The van der Waals surface area contributed by atoms with Crippen LogP contribution in [0.2, 0.25) is 0 Å². The zero-order valence-electron chi connectivity index (χ0n) is 17.2. The van der Waals surface area contributed by atoms with E-state index in [9.17, 15) is 0 Å². The van der Waals surface area contributed by atoms with Crippen molar-refractivity contribution in [2.75, 3.05) is 31.6 Å². The van der Waals surface area contributed by atoms with Crippen LogP contribution in [0.1, 0.15) is 32.6 Å². The van der Waals surface area contributed by atoms with Gasteiger partial charge in [0, 0.05) is 23.8 Å². The summed E-state index contributed by atoms with van der Waals surface area (Å²) in [6.07, 6.45) is 6.87. The Bertz CT molecular complexity index is 937. The summed E-state index contributed by atoms with van der Waals surface area (Å²) < 4.78 is 5.73. The predicted molar refractivity (Wildman–Crippen MR) is 119 cm³/mol. The van der Waals surface area contributed by atoms with Gasteiger partial charge in [-0.25, -0.2) is 9.97 Å². The highest BCUT2D eigenvalue weighted by Gasteiger charge is 2.14. The third kappa shape index (κ3) is 4.85. The Morgan fingerprint density at radius 2 is 2.14 bits per heavy atom. The Kier molecular flexibility index (Phi) is 6.57. The van der Waals surface area contributed by atoms with Gasteiger partial charge in [0.2, 0.25) is 5.88 Å². The molecule has 1 unspecified atom stereocenters. The molecule has 1 saturated heterocycles. The summed E-state index contributed by atoms with van der Waals surface area (Å²) in [6, 6.07) is 14.4. The minimum Gasteiger partial charge on any atom is -0.477 e. The molecule has 3 aromatic rings. The summed E-state index contributed by atoms with van der Waals surface area (Å²) in [4.78, 5) is 9.28. The molecule has 152 valence electrons. The topological polar surface area (TPSA) is 59.1 Å². The van der Waals surface area contributed by atoms with Crippen LogP contribution in [0.4, 0.5) is 5.69 Å². The van der Waals surface area contributed by atoms with E-state index >= 15 is 0 Å². The van der Waals surface area contributed by atoms with Gasteiger partial charge in [-0.1, -0.05) is 18.2 Å². The number of nitrogens with one attached hydrogen (secondary N) is 2. The standard InChI is InChI=1S/C24H30N4O/c1-2-29-24-20(11-7-15-27-24)23-16-22(19-10-3-4-12-21(19)28-23)26-14-6-9-18-8-5-13-25-17-18/h3-4,7,10-12,15-16,18,25H,2,5-6,8-9,13-14,17H2,1H3,(H,26,28). The first kappa shape index (κ1) is 19.6. The smallest absolute Gasteiger partial charge is 0.222 e. The number of para-hydroxylation sites is 1. The van der Waals surface area contributed by atoms with E-state index in [1.54, 1.807) is 6.20 Å². The molecule has 29 heavy (non-hydrogen) atoms. The molecule has 5 heteroatoms. The van der Waals surface area contributed by atoms with Crippen molar-refractivity contribution >= 4 is 16.6 Å². The highest BCUT2D eigenvalue weighted by molar-refractivity contribution is 5.94. The fraction of sp³-hybridized carbons (Fsp3) is 0.417. The van der Waals surface area contributed by atoms with E-state index in [1.165, 1.54) is 38.8 Å². The van der Waals surface area contributed by atoms with Crippen LogP contribution in [0.25, 0.3) is 22.2 Å². The van der Waals surface area contributed by atoms with E-state index in [4.69, 9.17) is 9.72 Å². The lowest BCUT2D eigenvalue weighted by Crippen LogP contribution is -2.29. The number of hydrogen-bond acceptors (Lipinski definition) is 5. The van der Waals surface area contributed by atoms with Gasteiger partial charge in [0.15, 0.2) is 0 Å². The minimum absolute atomic E-state index is 0.582. The van der Waals surface area contributed by atoms with Crippen LogP contribution in [0.5, 0.6) is 5.88 Å². The molecule has 3 heterocycles. The fourth-order valence-corrected chi connectivity index (χ4v) is 4.08. The average molecular weight is 391 g/mol. The Balaban J connectivity index is 1.55. The van der Waals surface area contributed by atoms with Gasteiger partial charge >= 0.3 is 0 Å². The number of anilines is 1. The van der Waals surface area contributed by atoms with Crippen molar-refractivity contribution in [1.29, 1.82) is 0 Å². The molecule has 1 aromatic carbocycles. The normalized spacial score (nSPS) is 16.7. The third-order valence-electron chi connectivity index (χ3n) is 5.55. The summed E-state index contributed by atoms with van der Waals surface area (Å²) in [5, 5.41) is 8.33. The van der Waals surface area contributed by atoms with Gasteiger partial charge in [-0.15, -0.1) is 0 Å². The zero-order valence-corrected chi connectivity index (χ0v) is 17.2. The van der Waals surface area contributed by atoms with Crippen molar-refractivity contribution in [2.45, 2.75) is 32.6 Å². The van der Waals surface area contributed by atoms with E-state index in [0.717, 1.165) is 40.3 Å². The Morgan fingerprint density at radius 1 is 1.21 bits per heavy atom. The van der Waals surface area contributed by atoms with Gasteiger partial charge in [0.05, 0.1) is 23.4 Å². The van der Waals surface area contributed by atoms with Crippen LogP contribution < -0.4 is 15.4 Å². The predicted octanol–water partition coefficient (Wildman–Crippen LogP) is 4.89. The largest absolute Gasteiger partial charge is 0.477 e. The number of piperidine rings is 1. The number of benzene rings is 1. The van der Waals surface area contributed by atoms with Crippen LogP contribution in [0, 0.1) is 5.92 Å². The molecular weight excluding hydrogens is 360 g/mol. The molecule has 1 aliphatic rings. The van der Waals surface area contributed by atoms with Crippen molar-refractivity contribution in [3.05, 3.63) is 48.7 Å². The van der Waals surface area contributed by atoms with Crippen molar-refractivity contribution in [3.63, 3.8) is 0 Å². The van der Waals surface area contributed by atoms with E-state index in [1.807, 2.05) is 25.1 Å². The summed E-state index contributed by atoms with van der Waals surface area (Å²) in [6.45, 7) is 5.87. The lowest BCUT2D eigenvalue weighted by Gasteiger charge is -2.22. The Hall–Kier alpha value is -2.66. The van der Waals surface area contributed by atoms with Gasteiger partial charge in [0.1, 0.15) is 0 Å². The number of ether oxygens (including phenoxy) is 1. The van der Waals surface area contributed by atoms with Gasteiger partial charge in [-0.05, 0) is 75.9 Å². The van der Waals surface area contributed by atoms with Gasteiger partial charge < -0.3 is 15.4 Å². The first-order valence-electron chi connectivity index (χ1n) is 10.8. The minimum atomic E-state index is 0.582. The van der Waals surface area contributed by atoms with Crippen molar-refractivity contribution in [1.82, 2.24) is 15.3 Å². The first-order chi connectivity index (χ1) is 14.3. The second kappa shape index (κ2) is 9.70. The van der Waals surface area contributed by atoms with E-state index in [-0.39, 0.29) is 0 Å². The molecule has 0 aliphatic carbocycles. The molecule has 0 saturated carbocycles. The molecule has 0 amide bonds. The highest BCUT2D eigenvalue weighted by Crippen LogP contribution is 2.32. The molecule has 0 radical (unpaired) electrons. The molecule has 1 aliphatic heterocycles. The summed E-state index contributed by atoms with van der Waals surface area (Å²) in [7, 11) is 0. The molecule has 2 N–H and O–H groups in total. The summed E-state index contributed by atoms with van der Waals surface area (Å²) in [5.74, 6) is 1.45. The number of pyridine rings is 2. The van der Waals surface area contributed by atoms with Crippen LogP contribution in [-0.4, -0.2) is 36.2 Å². The first-order valence-corrected chi connectivity index (χ1v) is 10.8. The lowest BCUT2D eigenvalue weighted by atomic mass is 9.95. The number of nitrogens with zero attached hydrogens (tertiary/aromatic N) is 2. The average Bonchev–Trinajstić information content (AvgIpc) is 2.78. The van der Waals surface area contributed by atoms with Crippen molar-refractivity contribution in [2.24, 2.45) is 5.92 Å². The van der Waals surface area contributed by atoms with E-state index in [2.05, 4.69) is 39.9 Å². The van der Waals surface area contributed by atoms with Crippen LogP contribution in [0.15, 0.2) is 48.7 Å². The van der Waals surface area contributed by atoms with Crippen LogP contribution >= 0.6 is 0 Å². The molecule has 0 spiro atoms. The SMILES string of the molecule is CCOc1ncccc1-c1cc(NCCCC2CCCNC2)c2ccccc2n1. The Labute approximate surface area is 172 Å². The van der Waals surface area contributed by atoms with Crippen LogP contribution in [-0.2, 0) is 0 Å². The maximum Gasteiger partial charge on any atom is 0.222 e. The molecule has 0 bridgehead atoms.